The molecule has 4 nitrogen and oxygen atoms in total. The fourth-order valence-corrected chi connectivity index (χ4v) is 2.73. The van der Waals surface area contributed by atoms with E-state index in [9.17, 15) is 18.4 Å². The van der Waals surface area contributed by atoms with E-state index >= 15 is 0 Å². The van der Waals surface area contributed by atoms with Crippen LogP contribution < -0.4 is 10.5 Å². The quantitative estimate of drug-likeness (QED) is 0.649. The third kappa shape index (κ3) is 4.30. The molecule has 0 aliphatic heterocycles. The first kappa shape index (κ1) is 18.5. The van der Waals surface area contributed by atoms with E-state index in [2.05, 4.69) is 9.72 Å². The minimum Gasteiger partial charge on any atom is -0.406 e. The maximum Gasteiger partial charge on any atom is 0.573 e. The van der Waals surface area contributed by atoms with Crippen LogP contribution in [0.2, 0.25) is 5.02 Å². The molecule has 8 heteroatoms. The second-order valence-corrected chi connectivity index (χ2v) is 5.95. The second-order valence-electron chi connectivity index (χ2n) is 5.51. The van der Waals surface area contributed by atoms with E-state index in [1.54, 1.807) is 30.3 Å². The van der Waals surface area contributed by atoms with Gasteiger partial charge in [-0.2, -0.15) is 5.26 Å². The number of halogens is 4. The molecule has 0 amide bonds. The third-order valence-corrected chi connectivity index (χ3v) is 3.91. The highest BCUT2D eigenvalue weighted by molar-refractivity contribution is 6.30. The van der Waals surface area contributed by atoms with Crippen molar-refractivity contribution < 1.29 is 17.9 Å². The van der Waals surface area contributed by atoms with Crippen molar-refractivity contribution in [1.29, 1.82) is 5.26 Å². The number of nitrogen functional groups attached to an aromatic ring is 1. The molecular formula is C19H11ClF3N3O. The number of nitrogens with two attached hydrogens (primary N) is 1. The number of ether oxygens (including phenoxy) is 1. The van der Waals surface area contributed by atoms with Gasteiger partial charge in [-0.25, -0.2) is 4.98 Å². The third-order valence-electron chi connectivity index (χ3n) is 3.68. The molecule has 2 aromatic carbocycles. The van der Waals surface area contributed by atoms with Crippen LogP contribution in [0.25, 0.3) is 22.4 Å². The Hall–Kier alpha value is -3.24. The molecular weight excluding hydrogens is 379 g/mol. The fraction of sp³-hybridized carbons (Fsp3) is 0.0526. The van der Waals surface area contributed by atoms with Crippen LogP contribution in [0, 0.1) is 11.3 Å². The molecule has 3 rings (SSSR count). The molecule has 0 bridgehead atoms. The number of pyridine rings is 1. The van der Waals surface area contributed by atoms with Gasteiger partial charge in [0.1, 0.15) is 23.2 Å². The summed E-state index contributed by atoms with van der Waals surface area (Å²) in [7, 11) is 0. The summed E-state index contributed by atoms with van der Waals surface area (Å²) in [6.45, 7) is 0. The van der Waals surface area contributed by atoms with E-state index < -0.39 is 6.36 Å². The first-order valence-electron chi connectivity index (χ1n) is 7.59. The molecule has 0 aliphatic rings. The summed E-state index contributed by atoms with van der Waals surface area (Å²) in [6.07, 6.45) is -4.78. The molecule has 0 fully saturated rings. The van der Waals surface area contributed by atoms with E-state index in [1.807, 2.05) is 6.07 Å². The topological polar surface area (TPSA) is 71.9 Å². The van der Waals surface area contributed by atoms with Gasteiger partial charge in [-0.05, 0) is 35.9 Å². The van der Waals surface area contributed by atoms with Crippen molar-refractivity contribution >= 4 is 17.4 Å². The maximum absolute atomic E-state index is 12.3. The van der Waals surface area contributed by atoms with E-state index in [0.29, 0.717) is 27.4 Å². The lowest BCUT2D eigenvalue weighted by Gasteiger charge is -2.12. The predicted molar refractivity (Wildman–Crippen MR) is 95.9 cm³/mol. The van der Waals surface area contributed by atoms with Crippen molar-refractivity contribution in [3.8, 4) is 34.2 Å². The standard InChI is InChI=1S/C19H11ClF3N3O/c20-13-3-1-2-12(8-13)17-9-15(16(10-24)18(25)26-17)11-4-6-14(7-5-11)27-19(21,22)23/h1-9H,(H2,25,26). The van der Waals surface area contributed by atoms with Crippen LogP contribution in [0.5, 0.6) is 5.75 Å². The number of anilines is 1. The summed E-state index contributed by atoms with van der Waals surface area (Å²) >= 11 is 6.00. The minimum atomic E-state index is -4.78. The Balaban J connectivity index is 2.08. The van der Waals surface area contributed by atoms with Gasteiger partial charge in [0.15, 0.2) is 0 Å². The number of alkyl halides is 3. The van der Waals surface area contributed by atoms with Gasteiger partial charge in [0.25, 0.3) is 0 Å². The van der Waals surface area contributed by atoms with E-state index in [-0.39, 0.29) is 17.1 Å². The summed E-state index contributed by atoms with van der Waals surface area (Å²) in [5, 5.41) is 9.92. The number of nitrogens with zero attached hydrogens (tertiary/aromatic N) is 2. The van der Waals surface area contributed by atoms with Crippen LogP contribution in [0.4, 0.5) is 19.0 Å². The lowest BCUT2D eigenvalue weighted by molar-refractivity contribution is -0.274. The molecule has 136 valence electrons. The molecule has 0 saturated carbocycles. The van der Waals surface area contributed by atoms with Crippen molar-refractivity contribution in [2.45, 2.75) is 6.36 Å². The number of benzene rings is 2. The molecule has 0 atom stereocenters. The Morgan fingerprint density at radius 3 is 2.33 bits per heavy atom. The molecule has 0 aliphatic carbocycles. The van der Waals surface area contributed by atoms with Crippen molar-refractivity contribution in [2.75, 3.05) is 5.73 Å². The van der Waals surface area contributed by atoms with E-state index in [1.165, 1.54) is 24.3 Å². The van der Waals surface area contributed by atoms with Gasteiger partial charge in [-0.1, -0.05) is 35.9 Å². The van der Waals surface area contributed by atoms with Gasteiger partial charge in [-0.3, -0.25) is 0 Å². The Kier molecular flexibility index (Phi) is 4.93. The number of hydrogen-bond donors (Lipinski definition) is 1. The SMILES string of the molecule is N#Cc1c(-c2ccc(OC(F)(F)F)cc2)cc(-c2cccc(Cl)c2)nc1N. The van der Waals surface area contributed by atoms with Crippen LogP contribution in [0.1, 0.15) is 5.56 Å². The van der Waals surface area contributed by atoms with Crippen molar-refractivity contribution in [3.63, 3.8) is 0 Å². The average molecular weight is 390 g/mol. The highest BCUT2D eigenvalue weighted by Gasteiger charge is 2.31. The average Bonchev–Trinajstić information content (AvgIpc) is 2.60. The summed E-state index contributed by atoms with van der Waals surface area (Å²) in [6, 6.07) is 15.7. The van der Waals surface area contributed by atoms with Crippen LogP contribution in [0.15, 0.2) is 54.6 Å². The van der Waals surface area contributed by atoms with Crippen molar-refractivity contribution in [2.24, 2.45) is 0 Å². The first-order valence-corrected chi connectivity index (χ1v) is 7.97. The second kappa shape index (κ2) is 7.17. The lowest BCUT2D eigenvalue weighted by atomic mass is 9.98. The van der Waals surface area contributed by atoms with Crippen LogP contribution in [0.3, 0.4) is 0 Å². The zero-order valence-corrected chi connectivity index (χ0v) is 14.3. The summed E-state index contributed by atoms with van der Waals surface area (Å²) in [5.74, 6) is -0.345. The monoisotopic (exact) mass is 389 g/mol. The molecule has 0 saturated heterocycles. The van der Waals surface area contributed by atoms with Gasteiger partial charge < -0.3 is 10.5 Å². The first-order chi connectivity index (χ1) is 12.8. The molecule has 1 heterocycles. The Bertz CT molecular complexity index is 1030. The zero-order valence-electron chi connectivity index (χ0n) is 13.6. The largest absolute Gasteiger partial charge is 0.573 e. The van der Waals surface area contributed by atoms with E-state index in [0.717, 1.165) is 0 Å². The molecule has 27 heavy (non-hydrogen) atoms. The smallest absolute Gasteiger partial charge is 0.406 e. The minimum absolute atomic E-state index is 0.0144. The predicted octanol–water partition coefficient (Wildman–Crippen LogP) is 5.42. The Morgan fingerprint density at radius 2 is 1.74 bits per heavy atom. The fourth-order valence-electron chi connectivity index (χ4n) is 2.54. The molecule has 0 spiro atoms. The maximum atomic E-state index is 12.3. The number of hydrogen-bond acceptors (Lipinski definition) is 4. The number of aromatic nitrogens is 1. The van der Waals surface area contributed by atoms with Crippen LogP contribution in [-0.2, 0) is 0 Å². The van der Waals surface area contributed by atoms with Crippen molar-refractivity contribution in [3.05, 3.63) is 65.2 Å². The Morgan fingerprint density at radius 1 is 1.04 bits per heavy atom. The Labute approximate surface area is 157 Å². The summed E-state index contributed by atoms with van der Waals surface area (Å²) < 4.78 is 40.8. The van der Waals surface area contributed by atoms with Gasteiger partial charge in [0, 0.05) is 16.1 Å². The normalized spacial score (nSPS) is 11.1. The van der Waals surface area contributed by atoms with Crippen LogP contribution in [-0.4, -0.2) is 11.3 Å². The highest BCUT2D eigenvalue weighted by atomic mass is 35.5. The molecule has 2 N–H and O–H groups in total. The van der Waals surface area contributed by atoms with Crippen LogP contribution >= 0.6 is 11.6 Å². The summed E-state index contributed by atoms with van der Waals surface area (Å²) in [4.78, 5) is 4.23. The zero-order chi connectivity index (χ0) is 19.6. The molecule has 1 aromatic heterocycles. The summed E-state index contributed by atoms with van der Waals surface area (Å²) in [5.41, 5.74) is 8.17. The number of rotatable bonds is 3. The van der Waals surface area contributed by atoms with Gasteiger partial charge in [-0.15, -0.1) is 13.2 Å². The molecule has 0 radical (unpaired) electrons. The molecule has 3 aromatic rings. The molecule has 0 unspecified atom stereocenters. The van der Waals surface area contributed by atoms with E-state index in [4.69, 9.17) is 17.3 Å². The van der Waals surface area contributed by atoms with Crippen molar-refractivity contribution in [1.82, 2.24) is 4.98 Å². The van der Waals surface area contributed by atoms with Gasteiger partial charge >= 0.3 is 6.36 Å². The van der Waals surface area contributed by atoms with Gasteiger partial charge in [0.2, 0.25) is 0 Å². The lowest BCUT2D eigenvalue weighted by Crippen LogP contribution is -2.16. The highest BCUT2D eigenvalue weighted by Crippen LogP contribution is 2.33. The number of nitriles is 1. The van der Waals surface area contributed by atoms with Gasteiger partial charge in [0.05, 0.1) is 5.69 Å².